The van der Waals surface area contributed by atoms with E-state index < -0.39 is 0 Å². The van der Waals surface area contributed by atoms with Crippen molar-refractivity contribution in [3.8, 4) is 5.75 Å². The van der Waals surface area contributed by atoms with E-state index in [1.165, 1.54) is 37.9 Å². The molecule has 1 heterocycles. The molecule has 1 N–H and O–H groups in total. The maximum atomic E-state index is 5.21. The second-order valence-electron chi connectivity index (χ2n) is 6.58. The number of hydrogen-bond donors (Lipinski definition) is 1. The third-order valence-electron chi connectivity index (χ3n) is 5.14. The Labute approximate surface area is 129 Å². The first-order chi connectivity index (χ1) is 10.1. The van der Waals surface area contributed by atoms with E-state index in [1.807, 2.05) is 0 Å². The third kappa shape index (κ3) is 4.45. The summed E-state index contributed by atoms with van der Waals surface area (Å²) in [7, 11) is 3.80. The molecule has 1 atom stereocenters. The van der Waals surface area contributed by atoms with Crippen LogP contribution in [0.2, 0.25) is 0 Å². The SMILES string of the molecule is CNC1(C)CCN(C(C)CCc2ccc(OC)cc2)CC1. The van der Waals surface area contributed by atoms with Crippen LogP contribution in [0.5, 0.6) is 5.75 Å². The van der Waals surface area contributed by atoms with E-state index >= 15 is 0 Å². The van der Waals surface area contributed by atoms with Crippen molar-refractivity contribution in [1.29, 1.82) is 0 Å². The van der Waals surface area contributed by atoms with E-state index in [-0.39, 0.29) is 0 Å². The van der Waals surface area contributed by atoms with Gasteiger partial charge in [-0.1, -0.05) is 12.1 Å². The van der Waals surface area contributed by atoms with E-state index in [0.717, 1.165) is 12.2 Å². The molecule has 0 amide bonds. The molecule has 0 aliphatic carbocycles. The van der Waals surface area contributed by atoms with Crippen LogP contribution in [-0.2, 0) is 6.42 Å². The lowest BCUT2D eigenvalue weighted by Gasteiger charge is -2.42. The molecule has 3 heteroatoms. The fraction of sp³-hybridized carbons (Fsp3) is 0.667. The predicted octanol–water partition coefficient (Wildman–Crippen LogP) is 3.09. The normalized spacial score (nSPS) is 20.2. The highest BCUT2D eigenvalue weighted by atomic mass is 16.5. The molecule has 1 saturated heterocycles. The molecule has 1 fully saturated rings. The van der Waals surface area contributed by atoms with Crippen molar-refractivity contribution in [3.63, 3.8) is 0 Å². The number of hydrogen-bond acceptors (Lipinski definition) is 3. The summed E-state index contributed by atoms with van der Waals surface area (Å²) >= 11 is 0. The van der Waals surface area contributed by atoms with Gasteiger partial charge in [0.2, 0.25) is 0 Å². The molecule has 0 radical (unpaired) electrons. The Morgan fingerprint density at radius 3 is 2.38 bits per heavy atom. The van der Waals surface area contributed by atoms with Crippen molar-refractivity contribution in [1.82, 2.24) is 10.2 Å². The number of likely N-dealkylation sites (tertiary alicyclic amines) is 1. The Bertz CT molecular complexity index is 421. The van der Waals surface area contributed by atoms with E-state index in [2.05, 4.69) is 55.4 Å². The average molecular weight is 290 g/mol. The number of aryl methyl sites for hydroxylation is 1. The standard InChI is InChI=1S/C18H30N2O/c1-15(20-13-11-18(2,19-3)12-14-20)5-6-16-7-9-17(21-4)10-8-16/h7-10,15,19H,5-6,11-14H2,1-4H3. The zero-order valence-corrected chi connectivity index (χ0v) is 14.0. The van der Waals surface area contributed by atoms with Crippen LogP contribution in [0.25, 0.3) is 0 Å². The number of rotatable bonds is 6. The fourth-order valence-electron chi connectivity index (χ4n) is 3.06. The number of ether oxygens (including phenoxy) is 1. The second kappa shape index (κ2) is 7.28. The highest BCUT2D eigenvalue weighted by molar-refractivity contribution is 5.27. The molecule has 1 aliphatic rings. The van der Waals surface area contributed by atoms with Gasteiger partial charge in [-0.2, -0.15) is 0 Å². The molecule has 21 heavy (non-hydrogen) atoms. The largest absolute Gasteiger partial charge is 0.497 e. The van der Waals surface area contributed by atoms with Crippen LogP contribution in [0.4, 0.5) is 0 Å². The number of benzene rings is 1. The molecule has 0 saturated carbocycles. The molecule has 118 valence electrons. The lowest BCUT2D eigenvalue weighted by atomic mass is 9.89. The summed E-state index contributed by atoms with van der Waals surface area (Å²) in [5.74, 6) is 0.939. The van der Waals surface area contributed by atoms with Gasteiger partial charge in [0.05, 0.1) is 7.11 Å². The van der Waals surface area contributed by atoms with Gasteiger partial charge in [-0.05, 0) is 64.3 Å². The smallest absolute Gasteiger partial charge is 0.118 e. The molecule has 1 aliphatic heterocycles. The van der Waals surface area contributed by atoms with Gasteiger partial charge in [0.15, 0.2) is 0 Å². The summed E-state index contributed by atoms with van der Waals surface area (Å²) in [5, 5.41) is 3.47. The van der Waals surface area contributed by atoms with Gasteiger partial charge < -0.3 is 15.0 Å². The Morgan fingerprint density at radius 2 is 1.86 bits per heavy atom. The molecule has 1 aromatic carbocycles. The summed E-state index contributed by atoms with van der Waals surface area (Å²) in [6.07, 6.45) is 4.86. The Balaban J connectivity index is 1.78. The Kier molecular flexibility index (Phi) is 5.65. The second-order valence-corrected chi connectivity index (χ2v) is 6.58. The topological polar surface area (TPSA) is 24.5 Å². The summed E-state index contributed by atoms with van der Waals surface area (Å²) in [6.45, 7) is 7.13. The minimum atomic E-state index is 0.339. The van der Waals surface area contributed by atoms with Gasteiger partial charge in [0, 0.05) is 24.7 Å². The highest BCUT2D eigenvalue weighted by Crippen LogP contribution is 2.24. The molecule has 0 aromatic heterocycles. The van der Waals surface area contributed by atoms with Crippen molar-refractivity contribution >= 4 is 0 Å². The molecule has 0 spiro atoms. The Hall–Kier alpha value is -1.06. The van der Waals surface area contributed by atoms with Crippen LogP contribution < -0.4 is 10.1 Å². The molecule has 0 bridgehead atoms. The monoisotopic (exact) mass is 290 g/mol. The van der Waals surface area contributed by atoms with Crippen LogP contribution in [0.15, 0.2) is 24.3 Å². The van der Waals surface area contributed by atoms with Crippen molar-refractivity contribution in [2.45, 2.75) is 51.1 Å². The van der Waals surface area contributed by atoms with Gasteiger partial charge >= 0.3 is 0 Å². The van der Waals surface area contributed by atoms with Gasteiger partial charge in [0.1, 0.15) is 5.75 Å². The van der Waals surface area contributed by atoms with Crippen LogP contribution in [0.1, 0.15) is 38.7 Å². The maximum Gasteiger partial charge on any atom is 0.118 e. The molecule has 1 unspecified atom stereocenters. The van der Waals surface area contributed by atoms with E-state index in [4.69, 9.17) is 4.74 Å². The number of piperidine rings is 1. The van der Waals surface area contributed by atoms with E-state index in [1.54, 1.807) is 7.11 Å². The van der Waals surface area contributed by atoms with Crippen molar-refractivity contribution in [2.75, 3.05) is 27.2 Å². The molecule has 2 rings (SSSR count). The Morgan fingerprint density at radius 1 is 1.24 bits per heavy atom. The zero-order valence-electron chi connectivity index (χ0n) is 14.0. The molecular formula is C18H30N2O. The van der Waals surface area contributed by atoms with Crippen LogP contribution >= 0.6 is 0 Å². The predicted molar refractivity (Wildman–Crippen MR) is 89.0 cm³/mol. The van der Waals surface area contributed by atoms with Crippen molar-refractivity contribution in [3.05, 3.63) is 29.8 Å². The van der Waals surface area contributed by atoms with Crippen LogP contribution in [-0.4, -0.2) is 43.7 Å². The molecule has 3 nitrogen and oxygen atoms in total. The molecular weight excluding hydrogens is 260 g/mol. The number of methoxy groups -OCH3 is 1. The van der Waals surface area contributed by atoms with Crippen LogP contribution in [0.3, 0.4) is 0 Å². The van der Waals surface area contributed by atoms with E-state index in [0.29, 0.717) is 11.6 Å². The number of nitrogens with one attached hydrogen (secondary N) is 1. The quantitative estimate of drug-likeness (QED) is 0.871. The van der Waals surface area contributed by atoms with Gasteiger partial charge in [-0.15, -0.1) is 0 Å². The summed E-state index contributed by atoms with van der Waals surface area (Å²) in [6, 6.07) is 9.13. The first kappa shape index (κ1) is 16.3. The van der Waals surface area contributed by atoms with Gasteiger partial charge in [0.25, 0.3) is 0 Å². The average Bonchev–Trinajstić information content (AvgIpc) is 2.54. The molecule has 1 aromatic rings. The zero-order chi connectivity index (χ0) is 15.3. The first-order valence-electron chi connectivity index (χ1n) is 8.12. The fourth-order valence-corrected chi connectivity index (χ4v) is 3.06. The minimum absolute atomic E-state index is 0.339. The summed E-state index contributed by atoms with van der Waals surface area (Å²) < 4.78 is 5.21. The van der Waals surface area contributed by atoms with Gasteiger partial charge in [-0.25, -0.2) is 0 Å². The minimum Gasteiger partial charge on any atom is -0.497 e. The number of nitrogens with zero attached hydrogens (tertiary/aromatic N) is 1. The lowest BCUT2D eigenvalue weighted by Crippen LogP contribution is -2.52. The van der Waals surface area contributed by atoms with Crippen molar-refractivity contribution in [2.24, 2.45) is 0 Å². The van der Waals surface area contributed by atoms with Crippen molar-refractivity contribution < 1.29 is 4.74 Å². The summed E-state index contributed by atoms with van der Waals surface area (Å²) in [5.41, 5.74) is 1.74. The summed E-state index contributed by atoms with van der Waals surface area (Å²) in [4.78, 5) is 2.64. The third-order valence-corrected chi connectivity index (χ3v) is 5.14. The highest BCUT2D eigenvalue weighted by Gasteiger charge is 2.29. The maximum absolute atomic E-state index is 5.21. The van der Waals surface area contributed by atoms with E-state index in [9.17, 15) is 0 Å². The van der Waals surface area contributed by atoms with Crippen LogP contribution in [0, 0.1) is 0 Å². The first-order valence-corrected chi connectivity index (χ1v) is 8.12. The lowest BCUT2D eigenvalue weighted by molar-refractivity contribution is 0.113. The van der Waals surface area contributed by atoms with Gasteiger partial charge in [-0.3, -0.25) is 0 Å².